The number of benzene rings is 2. The fourth-order valence-corrected chi connectivity index (χ4v) is 2.34. The van der Waals surface area contributed by atoms with E-state index < -0.39 is 0 Å². The zero-order valence-corrected chi connectivity index (χ0v) is 10.1. The van der Waals surface area contributed by atoms with Gasteiger partial charge in [0.15, 0.2) is 0 Å². The molecule has 0 spiro atoms. The predicted octanol–water partition coefficient (Wildman–Crippen LogP) is 4.34. The minimum Gasteiger partial charge on any atom is -0.343 e. The third kappa shape index (κ3) is 1.94. The normalized spacial score (nSPS) is 10.9. The van der Waals surface area contributed by atoms with E-state index in [4.69, 9.17) is 11.6 Å². The lowest BCUT2D eigenvalue weighted by atomic mass is 10.2. The van der Waals surface area contributed by atoms with Crippen LogP contribution in [0.4, 0.5) is 0 Å². The molecule has 17 heavy (non-hydrogen) atoms. The van der Waals surface area contributed by atoms with Crippen LogP contribution in [0.25, 0.3) is 10.9 Å². The molecule has 0 fully saturated rings. The maximum Gasteiger partial charge on any atom is 0.0499 e. The molecule has 84 valence electrons. The van der Waals surface area contributed by atoms with E-state index in [-0.39, 0.29) is 0 Å². The van der Waals surface area contributed by atoms with Crippen LogP contribution in [0.15, 0.2) is 60.8 Å². The number of rotatable bonds is 2. The van der Waals surface area contributed by atoms with Gasteiger partial charge >= 0.3 is 0 Å². The third-order valence-electron chi connectivity index (χ3n) is 2.96. The highest BCUT2D eigenvalue weighted by Gasteiger charge is 2.03. The zero-order chi connectivity index (χ0) is 11.7. The zero-order valence-electron chi connectivity index (χ0n) is 9.31. The van der Waals surface area contributed by atoms with Gasteiger partial charge in [-0.1, -0.05) is 48.0 Å². The first-order valence-corrected chi connectivity index (χ1v) is 6.00. The van der Waals surface area contributed by atoms with E-state index in [0.717, 1.165) is 17.0 Å². The molecular formula is C15H12ClN. The van der Waals surface area contributed by atoms with Crippen LogP contribution >= 0.6 is 11.6 Å². The molecule has 0 amide bonds. The van der Waals surface area contributed by atoms with E-state index in [1.165, 1.54) is 11.1 Å². The van der Waals surface area contributed by atoms with Gasteiger partial charge in [0.25, 0.3) is 0 Å². The third-order valence-corrected chi connectivity index (χ3v) is 3.29. The Bertz CT molecular complexity index is 640. The molecule has 1 nitrogen and oxygen atoms in total. The van der Waals surface area contributed by atoms with Crippen molar-refractivity contribution >= 4 is 22.5 Å². The fourth-order valence-electron chi connectivity index (χ4n) is 2.10. The Morgan fingerprint density at radius 3 is 2.53 bits per heavy atom. The van der Waals surface area contributed by atoms with E-state index in [1.54, 1.807) is 0 Å². The Morgan fingerprint density at radius 1 is 0.882 bits per heavy atom. The highest BCUT2D eigenvalue weighted by molar-refractivity contribution is 6.35. The van der Waals surface area contributed by atoms with Crippen molar-refractivity contribution in [2.24, 2.45) is 0 Å². The maximum absolute atomic E-state index is 6.16. The molecule has 0 aliphatic rings. The second-order valence-electron chi connectivity index (χ2n) is 4.10. The fraction of sp³-hybridized carbons (Fsp3) is 0.0667. The summed E-state index contributed by atoms with van der Waals surface area (Å²) in [5.74, 6) is 0. The van der Waals surface area contributed by atoms with Gasteiger partial charge in [-0.15, -0.1) is 0 Å². The largest absolute Gasteiger partial charge is 0.343 e. The summed E-state index contributed by atoms with van der Waals surface area (Å²) in [7, 11) is 0. The topological polar surface area (TPSA) is 4.93 Å². The van der Waals surface area contributed by atoms with Crippen molar-refractivity contribution in [2.75, 3.05) is 0 Å². The Hall–Kier alpha value is -1.73. The molecule has 0 unspecified atom stereocenters. The van der Waals surface area contributed by atoms with Gasteiger partial charge in [-0.05, 0) is 23.8 Å². The van der Waals surface area contributed by atoms with E-state index in [9.17, 15) is 0 Å². The van der Waals surface area contributed by atoms with Gasteiger partial charge in [0.05, 0.1) is 0 Å². The Kier molecular flexibility index (Phi) is 2.62. The number of halogens is 1. The summed E-state index contributed by atoms with van der Waals surface area (Å²) in [5.41, 5.74) is 2.48. The van der Waals surface area contributed by atoms with Crippen molar-refractivity contribution in [3.63, 3.8) is 0 Å². The molecule has 0 aliphatic heterocycles. The van der Waals surface area contributed by atoms with Crippen molar-refractivity contribution < 1.29 is 0 Å². The lowest BCUT2D eigenvalue weighted by Gasteiger charge is -2.05. The number of fused-ring (bicyclic) bond motifs is 1. The van der Waals surface area contributed by atoms with Crippen LogP contribution in [0.3, 0.4) is 0 Å². The molecule has 0 N–H and O–H groups in total. The van der Waals surface area contributed by atoms with Crippen LogP contribution in [-0.2, 0) is 6.54 Å². The highest BCUT2D eigenvalue weighted by Crippen LogP contribution is 2.24. The van der Waals surface area contributed by atoms with Gasteiger partial charge in [0.1, 0.15) is 0 Å². The lowest BCUT2D eigenvalue weighted by Crippen LogP contribution is -1.97. The number of aromatic nitrogens is 1. The predicted molar refractivity (Wildman–Crippen MR) is 72.5 cm³/mol. The van der Waals surface area contributed by atoms with Crippen LogP contribution < -0.4 is 0 Å². The summed E-state index contributed by atoms with van der Waals surface area (Å²) in [6.07, 6.45) is 2.09. The van der Waals surface area contributed by atoms with Crippen molar-refractivity contribution in [1.29, 1.82) is 0 Å². The Balaban J connectivity index is 2.05. The SMILES string of the molecule is Clc1cccc2c1ccn2Cc1ccccc1. The van der Waals surface area contributed by atoms with Crippen LogP contribution in [0.2, 0.25) is 5.02 Å². The highest BCUT2D eigenvalue weighted by atomic mass is 35.5. The molecule has 0 bridgehead atoms. The van der Waals surface area contributed by atoms with Gasteiger partial charge in [-0.25, -0.2) is 0 Å². The summed E-state index contributed by atoms with van der Waals surface area (Å²) in [4.78, 5) is 0. The van der Waals surface area contributed by atoms with Crippen LogP contribution in [0.5, 0.6) is 0 Å². The minimum absolute atomic E-state index is 0.814. The molecule has 2 heteroatoms. The summed E-state index contributed by atoms with van der Waals surface area (Å²) < 4.78 is 2.22. The molecule has 0 saturated heterocycles. The van der Waals surface area contributed by atoms with E-state index in [2.05, 4.69) is 47.2 Å². The van der Waals surface area contributed by atoms with Gasteiger partial charge < -0.3 is 4.57 Å². The van der Waals surface area contributed by atoms with Gasteiger partial charge in [-0.3, -0.25) is 0 Å². The first-order valence-electron chi connectivity index (χ1n) is 5.62. The molecule has 0 saturated carbocycles. The molecule has 3 rings (SSSR count). The van der Waals surface area contributed by atoms with Gasteiger partial charge in [0, 0.05) is 28.7 Å². The average Bonchev–Trinajstić information content (AvgIpc) is 2.76. The summed E-state index contributed by atoms with van der Waals surface area (Å²) >= 11 is 6.16. The van der Waals surface area contributed by atoms with Crippen molar-refractivity contribution in [2.45, 2.75) is 6.54 Å². The van der Waals surface area contributed by atoms with E-state index in [0.29, 0.717) is 0 Å². The van der Waals surface area contributed by atoms with Crippen LogP contribution in [-0.4, -0.2) is 4.57 Å². The molecule has 1 aromatic heterocycles. The minimum atomic E-state index is 0.814. The summed E-state index contributed by atoms with van der Waals surface area (Å²) in [6.45, 7) is 0.880. The summed E-state index contributed by atoms with van der Waals surface area (Å²) in [6, 6.07) is 18.5. The number of nitrogens with zero attached hydrogens (tertiary/aromatic N) is 1. The lowest BCUT2D eigenvalue weighted by molar-refractivity contribution is 0.837. The Labute approximate surface area is 105 Å². The average molecular weight is 242 g/mol. The van der Waals surface area contributed by atoms with Crippen LogP contribution in [0, 0.1) is 0 Å². The molecular weight excluding hydrogens is 230 g/mol. The molecule has 0 atom stereocenters. The number of hydrogen-bond acceptors (Lipinski definition) is 0. The second kappa shape index (κ2) is 4.27. The van der Waals surface area contributed by atoms with Gasteiger partial charge in [-0.2, -0.15) is 0 Å². The summed E-state index contributed by atoms with van der Waals surface area (Å²) in [5, 5.41) is 1.93. The quantitative estimate of drug-likeness (QED) is 0.629. The maximum atomic E-state index is 6.16. The number of hydrogen-bond donors (Lipinski definition) is 0. The molecule has 1 heterocycles. The molecule has 0 radical (unpaired) electrons. The smallest absolute Gasteiger partial charge is 0.0499 e. The second-order valence-corrected chi connectivity index (χ2v) is 4.51. The van der Waals surface area contributed by atoms with Crippen LogP contribution in [0.1, 0.15) is 5.56 Å². The van der Waals surface area contributed by atoms with Crippen molar-refractivity contribution in [3.8, 4) is 0 Å². The van der Waals surface area contributed by atoms with Crippen molar-refractivity contribution in [1.82, 2.24) is 4.57 Å². The first kappa shape index (κ1) is 10.4. The van der Waals surface area contributed by atoms with Gasteiger partial charge in [0.2, 0.25) is 0 Å². The molecule has 0 aliphatic carbocycles. The molecule has 2 aromatic carbocycles. The van der Waals surface area contributed by atoms with Crippen molar-refractivity contribution in [3.05, 3.63) is 71.4 Å². The standard InChI is InChI=1S/C15H12ClN/c16-14-7-4-8-15-13(14)9-10-17(15)11-12-5-2-1-3-6-12/h1-10H,11H2. The Morgan fingerprint density at radius 2 is 1.71 bits per heavy atom. The first-order chi connectivity index (χ1) is 8.34. The molecule has 3 aromatic rings. The monoisotopic (exact) mass is 241 g/mol. The van der Waals surface area contributed by atoms with E-state index in [1.807, 2.05) is 18.2 Å². The van der Waals surface area contributed by atoms with E-state index >= 15 is 0 Å².